The number of Topliss-reactive ketones (excluding diaryl/α,β-unsaturated/α-hetero) is 1. The number of fused-ring (bicyclic) bond motifs is 1. The van der Waals surface area contributed by atoms with E-state index < -0.39 is 30.1 Å². The highest BCUT2D eigenvalue weighted by Gasteiger charge is 2.25. The minimum Gasteiger partial charge on any atom is -0.453 e. The maximum absolute atomic E-state index is 13.2. The number of nitrogens with zero attached hydrogens (tertiary/aromatic N) is 2. The Kier molecular flexibility index (Phi) is 4.88. The summed E-state index contributed by atoms with van der Waals surface area (Å²) in [5, 5.41) is 11.9. The summed E-state index contributed by atoms with van der Waals surface area (Å²) in [7, 11) is 0. The van der Waals surface area contributed by atoms with Gasteiger partial charge in [-0.05, 0) is 36.6 Å². The molecule has 0 aliphatic carbocycles. The zero-order valence-electron chi connectivity index (χ0n) is 13.0. The number of rotatable bonds is 5. The molecule has 0 saturated heterocycles. The van der Waals surface area contributed by atoms with E-state index in [1.165, 1.54) is 29.5 Å². The summed E-state index contributed by atoms with van der Waals surface area (Å²) >= 11 is 2.37. The van der Waals surface area contributed by atoms with Crippen LogP contribution in [0.1, 0.15) is 26.3 Å². The molecule has 2 heterocycles. The van der Waals surface area contributed by atoms with E-state index in [9.17, 15) is 19.2 Å². The Morgan fingerprint density at radius 3 is 2.88 bits per heavy atom. The molecule has 0 bridgehead atoms. The first-order valence-electron chi connectivity index (χ1n) is 7.18. The fourth-order valence-corrected chi connectivity index (χ4v) is 3.97. The van der Waals surface area contributed by atoms with E-state index in [4.69, 9.17) is 4.74 Å². The van der Waals surface area contributed by atoms with Crippen LogP contribution in [0, 0.1) is 24.1 Å². The highest BCUT2D eigenvalue weighted by molar-refractivity contribution is 7.20. The Labute approximate surface area is 150 Å². The molecule has 0 saturated carbocycles. The number of benzene rings is 1. The lowest BCUT2D eigenvalue weighted by atomic mass is 10.1. The largest absolute Gasteiger partial charge is 0.453 e. The fraction of sp³-hybridized carbons (Fsp3) is 0.176. The van der Waals surface area contributed by atoms with Gasteiger partial charge in [-0.25, -0.2) is 14.2 Å². The van der Waals surface area contributed by atoms with Gasteiger partial charge in [-0.2, -0.15) is 5.26 Å². The second-order valence-corrected chi connectivity index (χ2v) is 7.20. The number of carbonyl (C=O) groups is 2. The van der Waals surface area contributed by atoms with Crippen LogP contribution in [0.25, 0.3) is 10.1 Å². The lowest BCUT2D eigenvalue weighted by molar-refractivity contribution is -0.122. The van der Waals surface area contributed by atoms with Crippen LogP contribution in [-0.4, -0.2) is 23.3 Å². The van der Waals surface area contributed by atoms with Crippen LogP contribution in [-0.2, 0) is 9.53 Å². The second kappa shape index (κ2) is 7.09. The zero-order valence-corrected chi connectivity index (χ0v) is 14.6. The highest BCUT2D eigenvalue weighted by atomic mass is 32.1. The van der Waals surface area contributed by atoms with E-state index in [2.05, 4.69) is 4.98 Å². The van der Waals surface area contributed by atoms with Crippen molar-refractivity contribution < 1.29 is 18.7 Å². The van der Waals surface area contributed by atoms with E-state index in [-0.39, 0.29) is 4.88 Å². The summed E-state index contributed by atoms with van der Waals surface area (Å²) in [5.41, 5.74) is 0.725. The van der Waals surface area contributed by atoms with Gasteiger partial charge in [0.15, 0.2) is 18.3 Å². The van der Waals surface area contributed by atoms with E-state index in [0.717, 1.165) is 21.7 Å². The van der Waals surface area contributed by atoms with Crippen LogP contribution < -0.4 is 0 Å². The monoisotopic (exact) mass is 374 g/mol. The smallest absolute Gasteiger partial charge is 0.348 e. The number of halogens is 1. The Morgan fingerprint density at radius 2 is 2.20 bits per heavy atom. The Hall–Kier alpha value is -2.63. The van der Waals surface area contributed by atoms with Gasteiger partial charge in [0.1, 0.15) is 15.7 Å². The molecule has 0 fully saturated rings. The molecule has 25 heavy (non-hydrogen) atoms. The van der Waals surface area contributed by atoms with Gasteiger partial charge in [0.05, 0.1) is 6.07 Å². The molecular formula is C17H11FN2O3S2. The van der Waals surface area contributed by atoms with Crippen LogP contribution in [0.2, 0.25) is 0 Å². The van der Waals surface area contributed by atoms with Crippen molar-refractivity contribution in [1.29, 1.82) is 5.26 Å². The summed E-state index contributed by atoms with van der Waals surface area (Å²) in [6, 6.07) is 7.62. The highest BCUT2D eigenvalue weighted by Crippen LogP contribution is 2.27. The molecule has 0 unspecified atom stereocenters. The van der Waals surface area contributed by atoms with E-state index in [1.54, 1.807) is 18.4 Å². The van der Waals surface area contributed by atoms with Crippen molar-refractivity contribution >= 4 is 44.5 Å². The first kappa shape index (κ1) is 17.2. The topological polar surface area (TPSA) is 80.0 Å². The van der Waals surface area contributed by atoms with Crippen molar-refractivity contribution in [3.05, 3.63) is 51.0 Å². The van der Waals surface area contributed by atoms with Gasteiger partial charge in [-0.15, -0.1) is 22.7 Å². The molecule has 0 amide bonds. The lowest BCUT2D eigenvalue weighted by Crippen LogP contribution is -2.19. The number of thiophene rings is 1. The number of hydrogen-bond acceptors (Lipinski definition) is 7. The molecule has 1 atom stereocenters. The molecule has 2 aromatic heterocycles. The van der Waals surface area contributed by atoms with Gasteiger partial charge in [0.25, 0.3) is 0 Å². The van der Waals surface area contributed by atoms with Gasteiger partial charge in [0, 0.05) is 15.8 Å². The van der Waals surface area contributed by atoms with Gasteiger partial charge >= 0.3 is 5.97 Å². The van der Waals surface area contributed by atoms with Crippen LogP contribution in [0.4, 0.5) is 4.39 Å². The number of esters is 1. The van der Waals surface area contributed by atoms with Crippen LogP contribution in [0.15, 0.2) is 29.6 Å². The maximum atomic E-state index is 13.2. The maximum Gasteiger partial charge on any atom is 0.348 e. The SMILES string of the molecule is Cc1csc([C@@H](C#N)C(=O)COC(=O)c2cc3cc(F)ccc3s2)n1. The van der Waals surface area contributed by atoms with Crippen molar-refractivity contribution in [3.8, 4) is 6.07 Å². The summed E-state index contributed by atoms with van der Waals surface area (Å²) in [5.74, 6) is -2.65. The average Bonchev–Trinajstić information content (AvgIpc) is 3.19. The summed E-state index contributed by atoms with van der Waals surface area (Å²) in [6.07, 6.45) is 0. The summed E-state index contributed by atoms with van der Waals surface area (Å²) in [6.45, 7) is 1.25. The third-order valence-electron chi connectivity index (χ3n) is 3.36. The number of aryl methyl sites for hydroxylation is 1. The molecule has 0 spiro atoms. The van der Waals surface area contributed by atoms with Gasteiger partial charge < -0.3 is 4.74 Å². The van der Waals surface area contributed by atoms with Crippen molar-refractivity contribution in [3.63, 3.8) is 0 Å². The molecule has 0 N–H and O–H groups in total. The molecule has 3 aromatic rings. The van der Waals surface area contributed by atoms with Crippen molar-refractivity contribution in [2.45, 2.75) is 12.8 Å². The van der Waals surface area contributed by atoms with Gasteiger partial charge in [-0.3, -0.25) is 4.79 Å². The quantitative estimate of drug-likeness (QED) is 0.634. The van der Waals surface area contributed by atoms with Crippen molar-refractivity contribution in [1.82, 2.24) is 4.98 Å². The number of aromatic nitrogens is 1. The Bertz CT molecular complexity index is 1000. The number of carbonyl (C=O) groups excluding carboxylic acids is 2. The molecule has 0 aliphatic heterocycles. The minimum atomic E-state index is -1.05. The first-order valence-corrected chi connectivity index (χ1v) is 8.88. The molecule has 5 nitrogen and oxygen atoms in total. The molecule has 8 heteroatoms. The standard InChI is InChI=1S/C17H11FN2O3S2/c1-9-8-24-16(20-9)12(6-19)13(21)7-23-17(22)15-5-10-4-11(18)2-3-14(10)25-15/h2-5,8,12H,7H2,1H3/t12-/m0/s1. The number of thiazole rings is 1. The normalized spacial score (nSPS) is 11.9. The third-order valence-corrected chi connectivity index (χ3v) is 5.48. The number of ketones is 1. The number of ether oxygens (including phenoxy) is 1. The number of hydrogen-bond donors (Lipinski definition) is 0. The third kappa shape index (κ3) is 3.73. The Balaban J connectivity index is 1.68. The van der Waals surface area contributed by atoms with E-state index in [0.29, 0.717) is 10.4 Å². The van der Waals surface area contributed by atoms with E-state index >= 15 is 0 Å². The molecule has 0 aliphatic rings. The molecule has 126 valence electrons. The van der Waals surface area contributed by atoms with Crippen molar-refractivity contribution in [2.75, 3.05) is 6.61 Å². The van der Waals surface area contributed by atoms with Crippen molar-refractivity contribution in [2.24, 2.45) is 0 Å². The molecule has 3 rings (SSSR count). The van der Waals surface area contributed by atoms with Crippen LogP contribution in [0.5, 0.6) is 0 Å². The first-order chi connectivity index (χ1) is 12.0. The van der Waals surface area contributed by atoms with Gasteiger partial charge in [-0.1, -0.05) is 0 Å². The summed E-state index contributed by atoms with van der Waals surface area (Å²) in [4.78, 5) is 28.7. The minimum absolute atomic E-state index is 0.270. The number of nitriles is 1. The summed E-state index contributed by atoms with van der Waals surface area (Å²) < 4.78 is 19.0. The predicted octanol–water partition coefficient (Wildman–Crippen LogP) is 3.84. The van der Waals surface area contributed by atoms with Crippen LogP contribution >= 0.6 is 22.7 Å². The molecular weight excluding hydrogens is 363 g/mol. The zero-order chi connectivity index (χ0) is 18.0. The second-order valence-electron chi connectivity index (χ2n) is 5.22. The lowest BCUT2D eigenvalue weighted by Gasteiger charge is -2.05. The molecule has 0 radical (unpaired) electrons. The van der Waals surface area contributed by atoms with E-state index in [1.807, 2.05) is 6.07 Å². The fourth-order valence-electron chi connectivity index (χ4n) is 2.18. The Morgan fingerprint density at radius 1 is 1.40 bits per heavy atom. The average molecular weight is 374 g/mol. The van der Waals surface area contributed by atoms with Gasteiger partial charge in [0.2, 0.25) is 0 Å². The predicted molar refractivity (Wildman–Crippen MR) is 92.3 cm³/mol. The van der Waals surface area contributed by atoms with Crippen LogP contribution in [0.3, 0.4) is 0 Å². The molecule has 1 aromatic carbocycles.